The molecule has 0 N–H and O–H groups in total. The van der Waals surface area contributed by atoms with Crippen LogP contribution in [0.2, 0.25) is 0 Å². The van der Waals surface area contributed by atoms with E-state index in [2.05, 4.69) is 48.5 Å². The van der Waals surface area contributed by atoms with E-state index in [0.717, 1.165) is 30.1 Å². The second kappa shape index (κ2) is 7.29. The molecule has 3 heteroatoms. The molecule has 7 unspecified atom stereocenters. The summed E-state index contributed by atoms with van der Waals surface area (Å²) in [5.41, 5.74) is 2.32. The zero-order valence-electron chi connectivity index (χ0n) is 24.0. The van der Waals surface area contributed by atoms with Crippen molar-refractivity contribution in [2.45, 2.75) is 144 Å². The average Bonchev–Trinajstić information content (AvgIpc) is 3.58. The number of esters is 1. The van der Waals surface area contributed by atoms with Crippen LogP contribution in [0.3, 0.4) is 0 Å². The predicted octanol–water partition coefficient (Wildman–Crippen LogP) is 7.95. The van der Waals surface area contributed by atoms with E-state index in [0.29, 0.717) is 27.8 Å². The summed E-state index contributed by atoms with van der Waals surface area (Å²) in [4.78, 5) is 11.9. The van der Waals surface area contributed by atoms with E-state index in [4.69, 9.17) is 9.47 Å². The Kier molecular flexibility index (Phi) is 5.16. The van der Waals surface area contributed by atoms with E-state index in [1.807, 2.05) is 0 Å². The van der Waals surface area contributed by atoms with Crippen LogP contribution in [0, 0.1) is 50.7 Å². The van der Waals surface area contributed by atoms with Crippen molar-refractivity contribution in [1.82, 2.24) is 0 Å². The summed E-state index contributed by atoms with van der Waals surface area (Å²) in [5, 5.41) is 0. The number of carbonyl (C=O) groups is 1. The third-order valence-electron chi connectivity index (χ3n) is 14.2. The van der Waals surface area contributed by atoms with Crippen molar-refractivity contribution in [2.24, 2.45) is 50.7 Å². The van der Waals surface area contributed by atoms with Gasteiger partial charge in [-0.15, -0.1) is 0 Å². The number of hydrogen-bond acceptors (Lipinski definition) is 3. The first-order valence-electron chi connectivity index (χ1n) is 15.1. The zero-order chi connectivity index (χ0) is 25.2. The van der Waals surface area contributed by atoms with Gasteiger partial charge in [0.15, 0.2) is 0 Å². The summed E-state index contributed by atoms with van der Waals surface area (Å²) in [5.74, 6) is 3.19. The molecule has 0 radical (unpaired) electrons. The van der Waals surface area contributed by atoms with Crippen LogP contribution in [0.25, 0.3) is 0 Å². The highest BCUT2D eigenvalue weighted by Crippen LogP contribution is 2.89. The van der Waals surface area contributed by atoms with Gasteiger partial charge in [-0.2, -0.15) is 0 Å². The Morgan fingerprint density at radius 3 is 2.20 bits per heavy atom. The Balaban J connectivity index is 1.22. The van der Waals surface area contributed by atoms with Gasteiger partial charge in [0.2, 0.25) is 0 Å². The molecule has 0 bridgehead atoms. The van der Waals surface area contributed by atoms with Gasteiger partial charge in [-0.1, -0.05) is 34.6 Å². The van der Waals surface area contributed by atoms with Crippen LogP contribution in [0.5, 0.6) is 0 Å². The molecule has 3 nitrogen and oxygen atoms in total. The molecule has 6 aliphatic rings. The lowest BCUT2D eigenvalue weighted by molar-refractivity contribution is -0.181. The standard InChI is InChI=1S/C32H52O3/c1-20(9-12-26-28(5,6)35-26)22-13-15-30(8)24-11-10-23-27(3,4)25(34-21(2)33)14-16-31(23)19-32(24,31)18-17-29(22,30)7/h20,22-26H,9-19H2,1-8H3/t20-,22-,23?,24?,25?,26?,29?,30+,31?,32?/m1/s1. The number of epoxide rings is 1. The van der Waals surface area contributed by atoms with Crippen LogP contribution < -0.4 is 0 Å². The van der Waals surface area contributed by atoms with Gasteiger partial charge in [0, 0.05) is 12.3 Å². The second-order valence-corrected chi connectivity index (χ2v) is 15.9. The van der Waals surface area contributed by atoms with Crippen LogP contribution in [0.4, 0.5) is 0 Å². The number of carbonyl (C=O) groups excluding carboxylic acids is 1. The monoisotopic (exact) mass is 484 g/mol. The summed E-state index contributed by atoms with van der Waals surface area (Å²) < 4.78 is 11.8. The first kappa shape index (κ1) is 24.7. The summed E-state index contributed by atoms with van der Waals surface area (Å²) >= 11 is 0. The third kappa shape index (κ3) is 3.09. The van der Waals surface area contributed by atoms with E-state index < -0.39 is 0 Å². The van der Waals surface area contributed by atoms with Gasteiger partial charge in [-0.05, 0) is 130 Å². The maximum absolute atomic E-state index is 11.9. The van der Waals surface area contributed by atoms with Crippen LogP contribution in [-0.4, -0.2) is 23.8 Å². The van der Waals surface area contributed by atoms with E-state index in [1.165, 1.54) is 64.2 Å². The van der Waals surface area contributed by atoms with Gasteiger partial charge in [-0.25, -0.2) is 0 Å². The lowest BCUT2D eigenvalue weighted by Crippen LogP contribution is -2.58. The quantitative estimate of drug-likeness (QED) is 0.293. The van der Waals surface area contributed by atoms with Gasteiger partial charge >= 0.3 is 5.97 Å². The number of hydrogen-bond donors (Lipinski definition) is 0. The zero-order valence-corrected chi connectivity index (χ0v) is 24.0. The van der Waals surface area contributed by atoms with Gasteiger partial charge in [-0.3, -0.25) is 4.79 Å². The highest BCUT2D eigenvalue weighted by atomic mass is 16.6. The molecule has 5 saturated carbocycles. The Labute approximate surface area is 214 Å². The fraction of sp³-hybridized carbons (Fsp3) is 0.969. The molecule has 1 aliphatic heterocycles. The number of ether oxygens (including phenoxy) is 2. The molecule has 6 fully saturated rings. The normalized spacial score (nSPS) is 53.4. The molecule has 6 rings (SSSR count). The van der Waals surface area contributed by atoms with Crippen molar-refractivity contribution in [2.75, 3.05) is 0 Å². The SMILES string of the molecule is CC(=O)OC1CCC23CC24CCC2(C)[C@@H]([C@H](C)CCC5OC5(C)C)CC[C@@]2(C)C4CCC3C1(C)C. The molecule has 2 spiro atoms. The molecule has 0 aromatic rings. The molecular formula is C32H52O3. The minimum absolute atomic E-state index is 0.0953. The minimum Gasteiger partial charge on any atom is -0.462 e. The predicted molar refractivity (Wildman–Crippen MR) is 140 cm³/mol. The van der Waals surface area contributed by atoms with E-state index >= 15 is 0 Å². The molecule has 0 aromatic heterocycles. The molecule has 35 heavy (non-hydrogen) atoms. The number of fused-ring (bicyclic) bond motifs is 2. The molecular weight excluding hydrogens is 432 g/mol. The summed E-state index contributed by atoms with van der Waals surface area (Å²) in [7, 11) is 0. The van der Waals surface area contributed by atoms with Gasteiger partial charge in [0.1, 0.15) is 6.10 Å². The highest BCUT2D eigenvalue weighted by molar-refractivity contribution is 5.66. The largest absolute Gasteiger partial charge is 0.462 e. The molecule has 1 saturated heterocycles. The van der Waals surface area contributed by atoms with E-state index in [9.17, 15) is 4.79 Å². The van der Waals surface area contributed by atoms with Gasteiger partial charge in [0.25, 0.3) is 0 Å². The summed E-state index contributed by atoms with van der Waals surface area (Å²) in [6, 6.07) is 0. The Morgan fingerprint density at radius 1 is 0.886 bits per heavy atom. The van der Waals surface area contributed by atoms with E-state index in [1.54, 1.807) is 6.92 Å². The fourth-order valence-electron chi connectivity index (χ4n) is 12.1. The smallest absolute Gasteiger partial charge is 0.302 e. The average molecular weight is 485 g/mol. The third-order valence-corrected chi connectivity index (χ3v) is 14.2. The fourth-order valence-corrected chi connectivity index (χ4v) is 12.1. The van der Waals surface area contributed by atoms with Crippen molar-refractivity contribution in [3.8, 4) is 0 Å². The molecule has 1 heterocycles. The maximum Gasteiger partial charge on any atom is 0.302 e. The molecule has 10 atom stereocenters. The topological polar surface area (TPSA) is 38.8 Å². The minimum atomic E-state index is -0.0953. The van der Waals surface area contributed by atoms with Gasteiger partial charge in [0.05, 0.1) is 11.7 Å². The van der Waals surface area contributed by atoms with Crippen molar-refractivity contribution in [3.05, 3.63) is 0 Å². The first-order chi connectivity index (χ1) is 16.2. The maximum atomic E-state index is 11.9. The molecule has 5 aliphatic carbocycles. The lowest BCUT2D eigenvalue weighted by atomic mass is 9.41. The van der Waals surface area contributed by atoms with Crippen LogP contribution in [-0.2, 0) is 14.3 Å². The van der Waals surface area contributed by atoms with E-state index in [-0.39, 0.29) is 23.1 Å². The number of rotatable bonds is 5. The van der Waals surface area contributed by atoms with Crippen molar-refractivity contribution >= 4 is 5.97 Å². The second-order valence-electron chi connectivity index (χ2n) is 15.9. The molecule has 0 amide bonds. The van der Waals surface area contributed by atoms with Crippen LogP contribution >= 0.6 is 0 Å². The molecule has 0 aromatic carbocycles. The summed E-state index contributed by atoms with van der Waals surface area (Å²) in [6.45, 7) is 19.0. The van der Waals surface area contributed by atoms with Crippen LogP contribution in [0.15, 0.2) is 0 Å². The first-order valence-corrected chi connectivity index (χ1v) is 15.1. The Hall–Kier alpha value is -0.570. The van der Waals surface area contributed by atoms with Crippen molar-refractivity contribution in [1.29, 1.82) is 0 Å². The van der Waals surface area contributed by atoms with Crippen molar-refractivity contribution in [3.63, 3.8) is 0 Å². The Bertz CT molecular complexity index is 906. The van der Waals surface area contributed by atoms with Crippen LogP contribution in [0.1, 0.15) is 126 Å². The molecule has 198 valence electrons. The van der Waals surface area contributed by atoms with Crippen molar-refractivity contribution < 1.29 is 14.3 Å². The summed E-state index contributed by atoms with van der Waals surface area (Å²) in [6.07, 6.45) is 15.5. The highest BCUT2D eigenvalue weighted by Gasteiger charge is 2.82. The van der Waals surface area contributed by atoms with Gasteiger partial charge < -0.3 is 9.47 Å². The lowest BCUT2D eigenvalue weighted by Gasteiger charge is -2.63. The Morgan fingerprint density at radius 2 is 1.54 bits per heavy atom.